The number of fused-ring (bicyclic) bond motifs is 6. The molecule has 0 atom stereocenters. The van der Waals surface area contributed by atoms with Gasteiger partial charge in [0.15, 0.2) is 0 Å². The van der Waals surface area contributed by atoms with E-state index < -0.39 is 0 Å². The number of nitrogens with zero attached hydrogens (tertiary/aromatic N) is 2. The Morgan fingerprint density at radius 3 is 1.76 bits per heavy atom. The molecule has 4 nitrogen and oxygen atoms in total. The second-order valence-corrected chi connectivity index (χ2v) is 12.6. The molecule has 0 amide bonds. The zero-order chi connectivity index (χ0) is 33.4. The Morgan fingerprint density at radius 1 is 0.480 bits per heavy atom. The SMILES string of the molecule is N=C(/C=C(\NCn1c2ccccc2c2ccc(-c3ccc4c(c3)c3ccccc3n4-c3ccccc3)cc21)c1ccccc1)c1ccccc1. The van der Waals surface area contributed by atoms with Crippen LogP contribution in [0, 0.1) is 5.41 Å². The molecule has 4 heteroatoms. The molecule has 0 unspecified atom stereocenters. The van der Waals surface area contributed by atoms with Crippen molar-refractivity contribution in [2.24, 2.45) is 0 Å². The fourth-order valence-corrected chi connectivity index (χ4v) is 7.27. The summed E-state index contributed by atoms with van der Waals surface area (Å²) in [6, 6.07) is 61.7. The highest BCUT2D eigenvalue weighted by Crippen LogP contribution is 2.37. The van der Waals surface area contributed by atoms with E-state index in [0.717, 1.165) is 28.0 Å². The average Bonchev–Trinajstić information content (AvgIpc) is 3.69. The molecule has 0 fully saturated rings. The molecular weight excluding hydrogens is 609 g/mol. The predicted octanol–water partition coefficient (Wildman–Crippen LogP) is 11.2. The summed E-state index contributed by atoms with van der Waals surface area (Å²) in [5.74, 6) is 0. The molecule has 2 heterocycles. The standard InChI is InChI=1S/C46H34N4/c47-41(32-14-4-1-5-15-32)30-42(33-16-6-2-7-17-33)48-31-49-43-22-12-10-20-37(43)39-26-24-35(29-46(39)49)34-25-27-45-40(28-34)38-21-11-13-23-44(38)50(45)36-18-8-3-9-19-36/h1-30,47-48H,31H2/b42-30-,47-41?. The van der Waals surface area contributed by atoms with Crippen molar-refractivity contribution in [2.75, 3.05) is 0 Å². The van der Waals surface area contributed by atoms with Gasteiger partial charge in [0.25, 0.3) is 0 Å². The van der Waals surface area contributed by atoms with Crippen LogP contribution in [0.3, 0.4) is 0 Å². The second kappa shape index (κ2) is 12.4. The van der Waals surface area contributed by atoms with Gasteiger partial charge in [0.2, 0.25) is 0 Å². The number of aromatic nitrogens is 2. The Bertz CT molecular complexity index is 2700. The number of allylic oxidation sites excluding steroid dienone is 1. The van der Waals surface area contributed by atoms with E-state index in [0.29, 0.717) is 12.4 Å². The van der Waals surface area contributed by atoms with Gasteiger partial charge in [-0.3, -0.25) is 0 Å². The van der Waals surface area contributed by atoms with E-state index in [4.69, 9.17) is 5.41 Å². The molecule has 0 saturated heterocycles. The third-order valence-electron chi connectivity index (χ3n) is 9.68. The molecule has 50 heavy (non-hydrogen) atoms. The van der Waals surface area contributed by atoms with E-state index in [1.807, 2.05) is 54.6 Å². The summed E-state index contributed by atoms with van der Waals surface area (Å²) in [5, 5.41) is 17.5. The van der Waals surface area contributed by atoms with Crippen LogP contribution in [0.2, 0.25) is 0 Å². The monoisotopic (exact) mass is 642 g/mol. The van der Waals surface area contributed by atoms with Gasteiger partial charge in [-0.2, -0.15) is 0 Å². The summed E-state index contributed by atoms with van der Waals surface area (Å²) < 4.78 is 4.72. The highest BCUT2D eigenvalue weighted by molar-refractivity contribution is 6.12. The Hall–Kier alpha value is -6.65. The van der Waals surface area contributed by atoms with Crippen molar-refractivity contribution in [3.05, 3.63) is 193 Å². The van der Waals surface area contributed by atoms with Gasteiger partial charge >= 0.3 is 0 Å². The number of hydrogen-bond donors (Lipinski definition) is 2. The summed E-state index contributed by atoms with van der Waals surface area (Å²) in [7, 11) is 0. The minimum Gasteiger partial charge on any atom is -0.367 e. The normalized spacial score (nSPS) is 11.9. The summed E-state index contributed by atoms with van der Waals surface area (Å²) in [6.07, 6.45) is 1.94. The Balaban J connectivity index is 1.15. The van der Waals surface area contributed by atoms with Crippen molar-refractivity contribution in [1.82, 2.24) is 14.5 Å². The number of hydrogen-bond acceptors (Lipinski definition) is 2. The minimum absolute atomic E-state index is 0.463. The molecule has 7 aromatic carbocycles. The van der Waals surface area contributed by atoms with Crippen molar-refractivity contribution in [1.29, 1.82) is 5.41 Å². The molecule has 238 valence electrons. The van der Waals surface area contributed by atoms with Crippen LogP contribution in [0.1, 0.15) is 11.1 Å². The van der Waals surface area contributed by atoms with Crippen LogP contribution in [-0.4, -0.2) is 14.8 Å². The van der Waals surface area contributed by atoms with Crippen LogP contribution in [0.25, 0.3) is 66.1 Å². The maximum atomic E-state index is 8.88. The molecule has 0 saturated carbocycles. The summed E-state index contributed by atoms with van der Waals surface area (Å²) in [6.45, 7) is 0.542. The largest absolute Gasteiger partial charge is 0.367 e. The first-order chi connectivity index (χ1) is 24.7. The molecule has 0 radical (unpaired) electrons. The molecule has 0 spiro atoms. The third kappa shape index (κ3) is 5.15. The average molecular weight is 643 g/mol. The first-order valence-electron chi connectivity index (χ1n) is 17.0. The molecule has 0 aliphatic carbocycles. The van der Waals surface area contributed by atoms with Crippen molar-refractivity contribution >= 4 is 55.0 Å². The van der Waals surface area contributed by atoms with Gasteiger partial charge in [-0.1, -0.05) is 133 Å². The number of para-hydroxylation sites is 3. The fourth-order valence-electron chi connectivity index (χ4n) is 7.27. The van der Waals surface area contributed by atoms with Crippen molar-refractivity contribution in [2.45, 2.75) is 6.67 Å². The Kier molecular flexibility index (Phi) is 7.33. The van der Waals surface area contributed by atoms with Gasteiger partial charge in [0, 0.05) is 32.9 Å². The maximum Gasteiger partial charge on any atom is 0.0926 e. The lowest BCUT2D eigenvalue weighted by atomic mass is 10.0. The first kappa shape index (κ1) is 29.5. The highest BCUT2D eigenvalue weighted by Gasteiger charge is 2.16. The van der Waals surface area contributed by atoms with Gasteiger partial charge in [0.05, 0.1) is 34.4 Å². The Morgan fingerprint density at radius 2 is 1.02 bits per heavy atom. The lowest BCUT2D eigenvalue weighted by molar-refractivity contribution is 0.696. The van der Waals surface area contributed by atoms with Crippen LogP contribution in [-0.2, 0) is 6.67 Å². The molecular formula is C46H34N4. The highest BCUT2D eigenvalue weighted by atomic mass is 15.1. The van der Waals surface area contributed by atoms with Crippen LogP contribution in [0.15, 0.2) is 182 Å². The smallest absolute Gasteiger partial charge is 0.0926 e. The molecule has 0 aliphatic rings. The lowest BCUT2D eigenvalue weighted by Crippen LogP contribution is -2.18. The fraction of sp³-hybridized carbons (Fsp3) is 0.0217. The lowest BCUT2D eigenvalue weighted by Gasteiger charge is -2.15. The molecule has 9 aromatic rings. The number of rotatable bonds is 8. The van der Waals surface area contributed by atoms with Gasteiger partial charge < -0.3 is 19.9 Å². The van der Waals surface area contributed by atoms with E-state index in [9.17, 15) is 0 Å². The third-order valence-corrected chi connectivity index (χ3v) is 9.68. The molecule has 2 aromatic heterocycles. The Labute approximate surface area is 290 Å². The minimum atomic E-state index is 0.463. The van der Waals surface area contributed by atoms with Crippen molar-refractivity contribution in [3.63, 3.8) is 0 Å². The van der Waals surface area contributed by atoms with E-state index >= 15 is 0 Å². The molecule has 0 bridgehead atoms. The van der Waals surface area contributed by atoms with Crippen LogP contribution < -0.4 is 5.32 Å². The summed E-state index contributed by atoms with van der Waals surface area (Å²) in [4.78, 5) is 0. The van der Waals surface area contributed by atoms with E-state index in [1.165, 1.54) is 49.2 Å². The molecule has 2 N–H and O–H groups in total. The molecule has 9 rings (SSSR count). The second-order valence-electron chi connectivity index (χ2n) is 12.6. The molecule has 0 aliphatic heterocycles. The van der Waals surface area contributed by atoms with Gasteiger partial charge in [-0.05, 0) is 70.8 Å². The zero-order valence-electron chi connectivity index (χ0n) is 27.4. The predicted molar refractivity (Wildman–Crippen MR) is 210 cm³/mol. The zero-order valence-corrected chi connectivity index (χ0v) is 27.4. The number of benzene rings is 7. The topological polar surface area (TPSA) is 45.7 Å². The van der Waals surface area contributed by atoms with E-state index in [1.54, 1.807) is 0 Å². The van der Waals surface area contributed by atoms with Crippen LogP contribution >= 0.6 is 0 Å². The van der Waals surface area contributed by atoms with E-state index in [2.05, 4.69) is 142 Å². The summed E-state index contributed by atoms with van der Waals surface area (Å²) >= 11 is 0. The van der Waals surface area contributed by atoms with Gasteiger partial charge in [-0.25, -0.2) is 0 Å². The van der Waals surface area contributed by atoms with Gasteiger partial charge in [0.1, 0.15) is 0 Å². The van der Waals surface area contributed by atoms with Gasteiger partial charge in [-0.15, -0.1) is 0 Å². The maximum absolute atomic E-state index is 8.88. The van der Waals surface area contributed by atoms with Crippen LogP contribution in [0.4, 0.5) is 0 Å². The van der Waals surface area contributed by atoms with Crippen molar-refractivity contribution < 1.29 is 0 Å². The van der Waals surface area contributed by atoms with E-state index in [-0.39, 0.29) is 0 Å². The summed E-state index contributed by atoms with van der Waals surface area (Å²) in [5.41, 5.74) is 11.5. The first-order valence-corrected chi connectivity index (χ1v) is 17.0. The van der Waals surface area contributed by atoms with Crippen LogP contribution in [0.5, 0.6) is 0 Å². The number of nitrogens with one attached hydrogen (secondary N) is 2. The quantitative estimate of drug-likeness (QED) is 0.159. The van der Waals surface area contributed by atoms with Crippen molar-refractivity contribution in [3.8, 4) is 16.8 Å².